The van der Waals surface area contributed by atoms with E-state index in [-0.39, 0.29) is 18.3 Å². The predicted octanol–water partition coefficient (Wildman–Crippen LogP) is 1.02. The van der Waals surface area contributed by atoms with E-state index in [1.807, 2.05) is 6.07 Å². The van der Waals surface area contributed by atoms with Gasteiger partial charge in [0.2, 0.25) is 6.20 Å². The lowest BCUT2D eigenvalue weighted by Gasteiger charge is -2.06. The molecule has 0 saturated carbocycles. The van der Waals surface area contributed by atoms with Gasteiger partial charge < -0.3 is 4.74 Å². The zero-order valence-corrected chi connectivity index (χ0v) is 12.2. The summed E-state index contributed by atoms with van der Waals surface area (Å²) in [6.45, 7) is 1.59. The summed E-state index contributed by atoms with van der Waals surface area (Å²) in [7, 11) is 1.34. The van der Waals surface area contributed by atoms with Crippen molar-refractivity contribution in [2.24, 2.45) is 0 Å². The van der Waals surface area contributed by atoms with E-state index in [1.165, 1.54) is 14.0 Å². The van der Waals surface area contributed by atoms with E-state index in [9.17, 15) is 9.59 Å². The molecule has 0 radical (unpaired) electrons. The fourth-order valence-corrected chi connectivity index (χ4v) is 2.33. The first kappa shape index (κ1) is 14.0. The van der Waals surface area contributed by atoms with Crippen molar-refractivity contribution in [1.29, 1.82) is 0 Å². The van der Waals surface area contributed by atoms with Gasteiger partial charge in [0.1, 0.15) is 5.52 Å². The molecule has 0 aliphatic carbocycles. The quantitative estimate of drug-likeness (QED) is 0.443. The van der Waals surface area contributed by atoms with Crippen molar-refractivity contribution in [3.8, 4) is 5.69 Å². The van der Waals surface area contributed by atoms with Gasteiger partial charge >= 0.3 is 5.97 Å². The number of fused-ring (bicyclic) bond motifs is 1. The van der Waals surface area contributed by atoms with Gasteiger partial charge in [-0.05, 0) is 25.1 Å². The third-order valence-electron chi connectivity index (χ3n) is 3.38. The van der Waals surface area contributed by atoms with Crippen LogP contribution in [0.1, 0.15) is 17.3 Å². The topological polar surface area (TPSA) is 80.9 Å². The molecule has 0 atom stereocenters. The normalized spacial score (nSPS) is 10.8. The number of ketones is 1. The fraction of sp³-hybridized carbons (Fsp3) is 0.200. The Balaban J connectivity index is 2.13. The van der Waals surface area contributed by atoms with Crippen LogP contribution in [0.25, 0.3) is 16.6 Å². The second-order valence-electron chi connectivity index (χ2n) is 4.91. The van der Waals surface area contributed by atoms with Gasteiger partial charge in [-0.1, -0.05) is 0 Å². The second kappa shape index (κ2) is 5.44. The van der Waals surface area contributed by atoms with Gasteiger partial charge in [0.05, 0.1) is 18.2 Å². The van der Waals surface area contributed by atoms with Crippen molar-refractivity contribution < 1.29 is 19.0 Å². The minimum Gasteiger partial charge on any atom is -0.464 e. The highest BCUT2D eigenvalue weighted by Crippen LogP contribution is 2.21. The van der Waals surface area contributed by atoms with Crippen LogP contribution in [-0.2, 0) is 16.1 Å². The van der Waals surface area contributed by atoms with Crippen LogP contribution < -0.4 is 4.68 Å². The number of Topliss-reactive ketones (excluding diaryl/α,β-unsaturated/α-hetero) is 1. The molecule has 112 valence electrons. The molecule has 0 aliphatic rings. The average molecular weight is 299 g/mol. The molecule has 2 aromatic heterocycles. The summed E-state index contributed by atoms with van der Waals surface area (Å²) in [6, 6.07) is 5.43. The number of nitrogens with one attached hydrogen (secondary N) is 1. The van der Waals surface area contributed by atoms with Crippen LogP contribution in [-0.4, -0.2) is 33.7 Å². The molecular formula is C15H15N4O3+. The molecule has 1 N–H and O–H groups in total. The third-order valence-corrected chi connectivity index (χ3v) is 3.38. The summed E-state index contributed by atoms with van der Waals surface area (Å²) in [6.07, 6.45) is 5.23. The van der Waals surface area contributed by atoms with Gasteiger partial charge in [-0.3, -0.25) is 4.79 Å². The largest absolute Gasteiger partial charge is 0.464 e. The number of aromatic amines is 1. The van der Waals surface area contributed by atoms with Crippen LogP contribution in [0.15, 0.2) is 36.8 Å². The van der Waals surface area contributed by atoms with Crippen LogP contribution >= 0.6 is 0 Å². The number of carbonyl (C=O) groups is 2. The van der Waals surface area contributed by atoms with Crippen molar-refractivity contribution in [3.63, 3.8) is 0 Å². The molecule has 3 rings (SSSR count). The Morgan fingerprint density at radius 3 is 2.86 bits per heavy atom. The highest BCUT2D eigenvalue weighted by Gasteiger charge is 2.17. The van der Waals surface area contributed by atoms with Gasteiger partial charge in [0.25, 0.3) is 6.54 Å². The summed E-state index contributed by atoms with van der Waals surface area (Å²) in [5, 5.41) is 8.12. The van der Waals surface area contributed by atoms with E-state index in [2.05, 4.69) is 14.9 Å². The Kier molecular flexibility index (Phi) is 3.46. The molecule has 0 saturated heterocycles. The van der Waals surface area contributed by atoms with Crippen molar-refractivity contribution in [1.82, 2.24) is 14.9 Å². The molecule has 0 unspecified atom stereocenters. The van der Waals surface area contributed by atoms with Crippen LogP contribution in [0.2, 0.25) is 0 Å². The molecular weight excluding hydrogens is 284 g/mol. The number of methoxy groups -OCH3 is 1. The Morgan fingerprint density at radius 1 is 1.41 bits per heavy atom. The minimum absolute atomic E-state index is 0.0542. The van der Waals surface area contributed by atoms with Crippen LogP contribution in [0, 0.1) is 0 Å². The summed E-state index contributed by atoms with van der Waals surface area (Å²) in [5.74, 6) is -0.405. The standard InChI is InChI=1S/C15H14N4O3/c1-10(20)12-7-13-11(6-14(12)19-5-3-4-16-19)8-18(17-13)9-15(21)22-2/h3-8H,9H2,1-2H3/p+1. The summed E-state index contributed by atoms with van der Waals surface area (Å²) in [4.78, 5) is 23.3. The molecule has 2 heterocycles. The van der Waals surface area contributed by atoms with Crippen molar-refractivity contribution in [2.45, 2.75) is 13.5 Å². The predicted molar refractivity (Wildman–Crippen MR) is 77.6 cm³/mol. The molecule has 0 fully saturated rings. The maximum atomic E-state index is 11.9. The number of H-pyrrole nitrogens is 1. The smallest absolute Gasteiger partial charge is 0.374 e. The number of aromatic nitrogens is 4. The lowest BCUT2D eigenvalue weighted by Crippen LogP contribution is -2.39. The van der Waals surface area contributed by atoms with E-state index in [0.717, 1.165) is 10.9 Å². The maximum Gasteiger partial charge on any atom is 0.374 e. The van der Waals surface area contributed by atoms with Gasteiger partial charge in [0, 0.05) is 18.0 Å². The average Bonchev–Trinajstić information content (AvgIpc) is 3.13. The zero-order valence-electron chi connectivity index (χ0n) is 12.2. The zero-order chi connectivity index (χ0) is 15.7. The molecule has 1 aromatic carbocycles. The first-order valence-electron chi connectivity index (χ1n) is 6.72. The fourth-order valence-electron chi connectivity index (χ4n) is 2.33. The van der Waals surface area contributed by atoms with Gasteiger partial charge in [-0.2, -0.15) is 10.2 Å². The lowest BCUT2D eigenvalue weighted by atomic mass is 10.1. The Morgan fingerprint density at radius 2 is 2.23 bits per heavy atom. The highest BCUT2D eigenvalue weighted by molar-refractivity contribution is 6.01. The lowest BCUT2D eigenvalue weighted by molar-refractivity contribution is -0.737. The number of hydrogen-bond donors (Lipinski definition) is 1. The van der Waals surface area contributed by atoms with Gasteiger partial charge in [-0.25, -0.2) is 9.48 Å². The molecule has 22 heavy (non-hydrogen) atoms. The molecule has 0 aliphatic heterocycles. The van der Waals surface area contributed by atoms with Gasteiger partial charge in [0.15, 0.2) is 5.78 Å². The van der Waals surface area contributed by atoms with Crippen molar-refractivity contribution in [2.75, 3.05) is 7.11 Å². The first-order valence-corrected chi connectivity index (χ1v) is 6.72. The van der Waals surface area contributed by atoms with Crippen LogP contribution in [0.3, 0.4) is 0 Å². The number of hydrogen-bond acceptors (Lipinski definition) is 4. The molecule has 7 nitrogen and oxygen atoms in total. The summed E-state index contributed by atoms with van der Waals surface area (Å²) in [5.41, 5.74) is 2.03. The number of nitrogens with zero attached hydrogens (tertiary/aromatic N) is 3. The van der Waals surface area contributed by atoms with E-state index < -0.39 is 0 Å². The molecule has 0 amide bonds. The van der Waals surface area contributed by atoms with Crippen molar-refractivity contribution in [3.05, 3.63) is 42.4 Å². The van der Waals surface area contributed by atoms with E-state index in [4.69, 9.17) is 0 Å². The van der Waals surface area contributed by atoms with E-state index in [1.54, 1.807) is 40.1 Å². The minimum atomic E-state index is -0.351. The van der Waals surface area contributed by atoms with E-state index >= 15 is 0 Å². The highest BCUT2D eigenvalue weighted by atomic mass is 16.5. The number of carbonyl (C=O) groups excluding carboxylic acids is 2. The number of ether oxygens (including phenoxy) is 1. The van der Waals surface area contributed by atoms with Crippen LogP contribution in [0.4, 0.5) is 0 Å². The van der Waals surface area contributed by atoms with E-state index in [0.29, 0.717) is 11.3 Å². The number of benzene rings is 1. The summed E-state index contributed by atoms with van der Waals surface area (Å²) >= 11 is 0. The van der Waals surface area contributed by atoms with Crippen molar-refractivity contribution >= 4 is 22.7 Å². The Labute approximate surface area is 126 Å². The molecule has 0 bridgehead atoms. The molecule has 7 heteroatoms. The first-order chi connectivity index (χ1) is 10.6. The Hall–Kier alpha value is -2.96. The van der Waals surface area contributed by atoms with Gasteiger partial charge in [-0.15, -0.1) is 4.68 Å². The second-order valence-corrected chi connectivity index (χ2v) is 4.91. The molecule has 3 aromatic rings. The third kappa shape index (κ3) is 2.48. The number of rotatable bonds is 4. The monoisotopic (exact) mass is 299 g/mol. The maximum absolute atomic E-state index is 11.9. The Bertz CT molecular complexity index is 849. The summed E-state index contributed by atoms with van der Waals surface area (Å²) < 4.78 is 7.91. The van der Waals surface area contributed by atoms with Crippen LogP contribution in [0.5, 0.6) is 0 Å². The number of esters is 1. The SMILES string of the molecule is COC(=O)C[n+]1cc2cc(-n3cccn3)c(C(C)=O)cc2[nH]1. The molecule has 0 spiro atoms.